The highest BCUT2D eigenvalue weighted by Crippen LogP contribution is 2.34. The quantitative estimate of drug-likeness (QED) is 0.606. The van der Waals surface area contributed by atoms with Crippen LogP contribution in [0.25, 0.3) is 0 Å². The number of nitrogens with zero attached hydrogens (tertiary/aromatic N) is 2. The lowest BCUT2D eigenvalue weighted by Gasteiger charge is -2.18. The molecule has 1 atom stereocenters. The summed E-state index contributed by atoms with van der Waals surface area (Å²) in [4.78, 5) is 20.5. The first-order chi connectivity index (χ1) is 13.1. The Morgan fingerprint density at radius 1 is 1.25 bits per heavy atom. The summed E-state index contributed by atoms with van der Waals surface area (Å²) in [7, 11) is 1.62. The SMILES string of the molecule is CCN(C)OC(=O)C(C)Oc1ccc(Oc2ncc(C(F)(F)F)cc2Cl)cc1. The van der Waals surface area contributed by atoms with E-state index in [0.717, 1.165) is 6.07 Å². The largest absolute Gasteiger partial charge is 0.479 e. The summed E-state index contributed by atoms with van der Waals surface area (Å²) in [5.41, 5.74) is -0.969. The third-order valence-corrected chi connectivity index (χ3v) is 3.78. The van der Waals surface area contributed by atoms with Gasteiger partial charge in [0.1, 0.15) is 16.5 Å². The van der Waals surface area contributed by atoms with Gasteiger partial charge in [-0.3, -0.25) is 0 Å². The van der Waals surface area contributed by atoms with Gasteiger partial charge in [0.2, 0.25) is 5.88 Å². The fourth-order valence-corrected chi connectivity index (χ4v) is 2.10. The van der Waals surface area contributed by atoms with Crippen LogP contribution in [0.15, 0.2) is 36.5 Å². The molecule has 0 saturated heterocycles. The summed E-state index contributed by atoms with van der Waals surface area (Å²) in [6.07, 6.45) is -4.75. The zero-order valence-corrected chi connectivity index (χ0v) is 16.0. The molecule has 1 heterocycles. The zero-order valence-electron chi connectivity index (χ0n) is 15.3. The van der Waals surface area contributed by atoms with Crippen molar-refractivity contribution in [1.29, 1.82) is 0 Å². The standard InChI is InChI=1S/C18H18ClF3N2O4/c1-4-24(3)28-17(25)11(2)26-13-5-7-14(8-6-13)27-16-15(19)9-12(10-23-16)18(20,21)22/h5-11H,4H2,1-3H3. The van der Waals surface area contributed by atoms with Crippen LogP contribution >= 0.6 is 11.6 Å². The molecule has 10 heteroatoms. The Morgan fingerprint density at radius 3 is 2.39 bits per heavy atom. The predicted octanol–water partition coefficient (Wildman–Crippen LogP) is 4.72. The Labute approximate surface area is 164 Å². The normalized spacial score (nSPS) is 12.6. The molecule has 0 aliphatic carbocycles. The second-order valence-corrected chi connectivity index (χ2v) is 6.10. The van der Waals surface area contributed by atoms with E-state index < -0.39 is 23.8 Å². The van der Waals surface area contributed by atoms with E-state index in [2.05, 4.69) is 4.98 Å². The van der Waals surface area contributed by atoms with E-state index in [1.807, 2.05) is 6.92 Å². The van der Waals surface area contributed by atoms with Gasteiger partial charge in [0.15, 0.2) is 6.10 Å². The molecular formula is C18H18ClF3N2O4. The van der Waals surface area contributed by atoms with Gasteiger partial charge in [-0.2, -0.15) is 13.2 Å². The molecule has 0 fully saturated rings. The van der Waals surface area contributed by atoms with Crippen molar-refractivity contribution in [1.82, 2.24) is 10.0 Å². The Hall–Kier alpha value is -2.52. The van der Waals surface area contributed by atoms with Crippen molar-refractivity contribution in [3.05, 3.63) is 47.1 Å². The molecule has 0 N–H and O–H groups in total. The molecule has 2 aromatic rings. The van der Waals surface area contributed by atoms with Crippen LogP contribution < -0.4 is 9.47 Å². The topological polar surface area (TPSA) is 60.9 Å². The minimum atomic E-state index is -4.54. The van der Waals surface area contributed by atoms with E-state index in [0.29, 0.717) is 18.5 Å². The number of hydrogen-bond acceptors (Lipinski definition) is 6. The molecule has 0 radical (unpaired) electrons. The van der Waals surface area contributed by atoms with Gasteiger partial charge in [-0.1, -0.05) is 11.6 Å². The Balaban J connectivity index is 2.00. The molecule has 0 aliphatic heterocycles. The molecule has 0 amide bonds. The lowest BCUT2D eigenvalue weighted by Crippen LogP contribution is -2.32. The third-order valence-electron chi connectivity index (χ3n) is 3.51. The summed E-state index contributed by atoms with van der Waals surface area (Å²) in [6, 6.07) is 6.80. The first-order valence-electron chi connectivity index (χ1n) is 8.20. The van der Waals surface area contributed by atoms with E-state index in [4.69, 9.17) is 25.9 Å². The van der Waals surface area contributed by atoms with E-state index in [1.54, 1.807) is 14.0 Å². The van der Waals surface area contributed by atoms with Crippen LogP contribution in [0.3, 0.4) is 0 Å². The van der Waals surface area contributed by atoms with Crippen LogP contribution in [0.4, 0.5) is 13.2 Å². The smallest absolute Gasteiger partial charge is 0.417 e. The number of alkyl halides is 3. The monoisotopic (exact) mass is 418 g/mol. The predicted molar refractivity (Wildman–Crippen MR) is 95.3 cm³/mol. The number of halogens is 4. The van der Waals surface area contributed by atoms with Crippen LogP contribution in [0.1, 0.15) is 19.4 Å². The Morgan fingerprint density at radius 2 is 1.86 bits per heavy atom. The van der Waals surface area contributed by atoms with Gasteiger partial charge in [0.05, 0.1) is 5.56 Å². The average Bonchev–Trinajstić information content (AvgIpc) is 2.63. The van der Waals surface area contributed by atoms with Gasteiger partial charge in [-0.05, 0) is 44.2 Å². The van der Waals surface area contributed by atoms with Crippen molar-refractivity contribution in [2.75, 3.05) is 13.6 Å². The fourth-order valence-electron chi connectivity index (χ4n) is 1.90. The molecule has 0 spiro atoms. The molecule has 1 unspecified atom stereocenters. The number of hydrogen-bond donors (Lipinski definition) is 0. The van der Waals surface area contributed by atoms with Crippen LogP contribution in [0, 0.1) is 0 Å². The van der Waals surface area contributed by atoms with Crippen LogP contribution in [0.2, 0.25) is 5.02 Å². The van der Waals surface area contributed by atoms with Crippen molar-refractivity contribution in [2.45, 2.75) is 26.1 Å². The first-order valence-corrected chi connectivity index (χ1v) is 8.58. The second kappa shape index (κ2) is 9.11. The molecule has 152 valence electrons. The number of hydroxylamine groups is 2. The van der Waals surface area contributed by atoms with Gasteiger partial charge in [-0.15, -0.1) is 5.06 Å². The van der Waals surface area contributed by atoms with Crippen LogP contribution in [0.5, 0.6) is 17.4 Å². The number of carbonyl (C=O) groups is 1. The maximum atomic E-state index is 12.6. The minimum absolute atomic E-state index is 0.164. The molecule has 2 rings (SSSR count). The van der Waals surface area contributed by atoms with E-state index in [1.165, 1.54) is 29.3 Å². The number of benzene rings is 1. The summed E-state index contributed by atoms with van der Waals surface area (Å²) in [6.45, 7) is 3.91. The Kier molecular flexibility index (Phi) is 7.09. The van der Waals surface area contributed by atoms with E-state index in [-0.39, 0.29) is 16.7 Å². The summed E-state index contributed by atoms with van der Waals surface area (Å²) < 4.78 is 48.8. The molecule has 0 aliphatic rings. The highest BCUT2D eigenvalue weighted by atomic mass is 35.5. The number of pyridine rings is 1. The molecule has 28 heavy (non-hydrogen) atoms. The van der Waals surface area contributed by atoms with Gasteiger partial charge in [0, 0.05) is 19.8 Å². The zero-order chi connectivity index (χ0) is 20.9. The molecule has 6 nitrogen and oxygen atoms in total. The second-order valence-electron chi connectivity index (χ2n) is 5.70. The molecule has 1 aromatic heterocycles. The molecule has 0 bridgehead atoms. The number of rotatable bonds is 7. The minimum Gasteiger partial charge on any atom is -0.479 e. The summed E-state index contributed by atoms with van der Waals surface area (Å²) in [5, 5.41) is 1.10. The fraction of sp³-hybridized carbons (Fsp3) is 0.333. The molecule has 1 aromatic carbocycles. The number of aromatic nitrogens is 1. The molecule has 0 saturated carbocycles. The summed E-state index contributed by atoms with van der Waals surface area (Å²) >= 11 is 5.81. The van der Waals surface area contributed by atoms with Gasteiger partial charge in [0.25, 0.3) is 0 Å². The average molecular weight is 419 g/mol. The lowest BCUT2D eigenvalue weighted by molar-refractivity contribution is -0.190. The van der Waals surface area contributed by atoms with Crippen LogP contribution in [-0.4, -0.2) is 35.7 Å². The van der Waals surface area contributed by atoms with Crippen molar-refractivity contribution >= 4 is 17.6 Å². The maximum Gasteiger partial charge on any atom is 0.417 e. The highest BCUT2D eigenvalue weighted by Gasteiger charge is 2.31. The number of ether oxygens (including phenoxy) is 2. The van der Waals surface area contributed by atoms with Crippen molar-refractivity contribution in [2.24, 2.45) is 0 Å². The van der Waals surface area contributed by atoms with Gasteiger partial charge >= 0.3 is 12.1 Å². The highest BCUT2D eigenvalue weighted by molar-refractivity contribution is 6.31. The summed E-state index contributed by atoms with van der Waals surface area (Å²) in [5.74, 6) is -0.0572. The first kappa shape index (κ1) is 21.8. The van der Waals surface area contributed by atoms with Crippen LogP contribution in [-0.2, 0) is 15.8 Å². The van der Waals surface area contributed by atoms with Crippen molar-refractivity contribution in [3.8, 4) is 17.4 Å². The lowest BCUT2D eigenvalue weighted by atomic mass is 10.3. The Bertz CT molecular complexity index is 815. The molecular weight excluding hydrogens is 401 g/mol. The number of carbonyl (C=O) groups excluding carboxylic acids is 1. The van der Waals surface area contributed by atoms with E-state index >= 15 is 0 Å². The van der Waals surface area contributed by atoms with Crippen molar-refractivity contribution < 1.29 is 32.3 Å². The maximum absolute atomic E-state index is 12.6. The van der Waals surface area contributed by atoms with Crippen molar-refractivity contribution in [3.63, 3.8) is 0 Å². The van der Waals surface area contributed by atoms with Gasteiger partial charge in [-0.25, -0.2) is 9.78 Å². The third kappa shape index (κ3) is 6.00. The van der Waals surface area contributed by atoms with E-state index in [9.17, 15) is 18.0 Å². The van der Waals surface area contributed by atoms with Gasteiger partial charge < -0.3 is 14.3 Å².